The Balaban J connectivity index is 1.38. The van der Waals surface area contributed by atoms with Crippen LogP contribution in [0.2, 0.25) is 0 Å². The monoisotopic (exact) mass is 380 g/mol. The van der Waals surface area contributed by atoms with Crippen LogP contribution in [-0.4, -0.2) is 58.6 Å². The molecule has 5 rings (SSSR count). The molecule has 0 radical (unpaired) electrons. The first-order chi connectivity index (χ1) is 13.6. The number of nitrogens with zero attached hydrogens (tertiary/aromatic N) is 4. The Morgan fingerprint density at radius 3 is 2.57 bits per heavy atom. The molecule has 1 atom stereocenters. The summed E-state index contributed by atoms with van der Waals surface area (Å²) in [4.78, 5) is 17.7. The Labute approximate surface area is 165 Å². The van der Waals surface area contributed by atoms with E-state index < -0.39 is 0 Å². The molecule has 1 aromatic carbocycles. The molecule has 1 unspecified atom stereocenters. The molecule has 6 nitrogen and oxygen atoms in total. The summed E-state index contributed by atoms with van der Waals surface area (Å²) in [5.74, 6) is 2.47. The molecular formula is C22H28N4O2. The van der Waals surface area contributed by atoms with Gasteiger partial charge in [0.15, 0.2) is 0 Å². The van der Waals surface area contributed by atoms with Gasteiger partial charge in [-0.05, 0) is 56.8 Å². The van der Waals surface area contributed by atoms with Crippen molar-refractivity contribution in [1.82, 2.24) is 20.0 Å². The molecule has 2 saturated heterocycles. The van der Waals surface area contributed by atoms with Gasteiger partial charge in [-0.15, -0.1) is 10.2 Å². The number of hydrogen-bond donors (Lipinski definition) is 0. The second-order valence-corrected chi connectivity index (χ2v) is 8.87. The molecule has 3 aliphatic rings. The predicted molar refractivity (Wildman–Crippen MR) is 105 cm³/mol. The van der Waals surface area contributed by atoms with Crippen molar-refractivity contribution in [3.63, 3.8) is 0 Å². The zero-order valence-electron chi connectivity index (χ0n) is 16.5. The number of hydrogen-bond acceptors (Lipinski definition) is 5. The van der Waals surface area contributed by atoms with Crippen molar-refractivity contribution in [2.75, 3.05) is 32.7 Å². The fraction of sp³-hybridized carbons (Fsp3) is 0.591. The average Bonchev–Trinajstić information content (AvgIpc) is 3.32. The van der Waals surface area contributed by atoms with Crippen LogP contribution >= 0.6 is 0 Å². The van der Waals surface area contributed by atoms with Crippen LogP contribution in [0.1, 0.15) is 53.7 Å². The van der Waals surface area contributed by atoms with E-state index in [1.165, 1.54) is 19.4 Å². The minimum absolute atomic E-state index is 0.0451. The molecule has 3 fully saturated rings. The van der Waals surface area contributed by atoms with Crippen LogP contribution in [0.25, 0.3) is 0 Å². The SMILES string of the molecule is Cc1nnc(C2CN(C(=O)c3ccccc3)CC23CCN(CC2CC2)CC3)o1. The van der Waals surface area contributed by atoms with E-state index in [1.54, 1.807) is 0 Å². The normalized spacial score (nSPS) is 24.8. The summed E-state index contributed by atoms with van der Waals surface area (Å²) in [6.45, 7) is 6.74. The lowest BCUT2D eigenvalue weighted by Gasteiger charge is -2.41. The first-order valence-corrected chi connectivity index (χ1v) is 10.5. The van der Waals surface area contributed by atoms with E-state index in [4.69, 9.17) is 4.42 Å². The van der Waals surface area contributed by atoms with Crippen LogP contribution in [0.4, 0.5) is 0 Å². The summed E-state index contributed by atoms with van der Waals surface area (Å²) in [6.07, 6.45) is 4.96. The van der Waals surface area contributed by atoms with Gasteiger partial charge in [0.25, 0.3) is 5.91 Å². The number of piperidine rings is 1. The van der Waals surface area contributed by atoms with Gasteiger partial charge >= 0.3 is 0 Å². The lowest BCUT2D eigenvalue weighted by Crippen LogP contribution is -2.44. The molecular weight excluding hydrogens is 352 g/mol. The number of rotatable bonds is 4. The molecule has 148 valence electrons. The van der Waals surface area contributed by atoms with Crippen LogP contribution in [0.15, 0.2) is 34.7 Å². The van der Waals surface area contributed by atoms with Crippen molar-refractivity contribution in [3.8, 4) is 0 Å². The topological polar surface area (TPSA) is 62.5 Å². The maximum absolute atomic E-state index is 13.1. The van der Waals surface area contributed by atoms with Crippen LogP contribution in [0.5, 0.6) is 0 Å². The molecule has 1 amide bonds. The summed E-state index contributed by atoms with van der Waals surface area (Å²) in [5.41, 5.74) is 0.801. The minimum atomic E-state index is 0.0451. The summed E-state index contributed by atoms with van der Waals surface area (Å²) in [6, 6.07) is 9.60. The third-order valence-electron chi connectivity index (χ3n) is 6.86. The number of carbonyl (C=O) groups is 1. The van der Waals surface area contributed by atoms with Crippen molar-refractivity contribution in [3.05, 3.63) is 47.7 Å². The highest BCUT2D eigenvalue weighted by molar-refractivity contribution is 5.94. The maximum Gasteiger partial charge on any atom is 0.253 e. The summed E-state index contributed by atoms with van der Waals surface area (Å²) < 4.78 is 5.86. The highest BCUT2D eigenvalue weighted by Gasteiger charge is 2.52. The van der Waals surface area contributed by atoms with Gasteiger partial charge in [-0.2, -0.15) is 0 Å². The van der Waals surface area contributed by atoms with Gasteiger partial charge in [0, 0.05) is 37.5 Å². The highest BCUT2D eigenvalue weighted by atomic mass is 16.4. The maximum atomic E-state index is 13.1. The number of carbonyl (C=O) groups excluding carboxylic acids is 1. The van der Waals surface area contributed by atoms with E-state index in [0.29, 0.717) is 18.3 Å². The summed E-state index contributed by atoms with van der Waals surface area (Å²) in [5, 5.41) is 8.42. The second-order valence-electron chi connectivity index (χ2n) is 8.87. The molecule has 1 saturated carbocycles. The van der Waals surface area contributed by atoms with Gasteiger partial charge in [-0.1, -0.05) is 18.2 Å². The number of benzene rings is 1. The van der Waals surface area contributed by atoms with E-state index in [1.807, 2.05) is 42.2 Å². The lowest BCUT2D eigenvalue weighted by atomic mass is 9.70. The molecule has 0 N–H and O–H groups in total. The smallest absolute Gasteiger partial charge is 0.253 e. The standard InChI is InChI=1S/C22H28N4O2/c1-16-23-24-20(28-16)19-14-26(21(27)18-5-3-2-4-6-18)15-22(19)9-11-25(12-10-22)13-17-7-8-17/h2-6,17,19H,7-15H2,1H3. The Morgan fingerprint density at radius 1 is 1.18 bits per heavy atom. The molecule has 1 spiro atoms. The quantitative estimate of drug-likeness (QED) is 0.816. The van der Waals surface area contributed by atoms with Crippen molar-refractivity contribution >= 4 is 5.91 Å². The lowest BCUT2D eigenvalue weighted by molar-refractivity contribution is 0.0693. The van der Waals surface area contributed by atoms with Crippen molar-refractivity contribution < 1.29 is 9.21 Å². The molecule has 28 heavy (non-hydrogen) atoms. The number of aromatic nitrogens is 2. The third kappa shape index (κ3) is 3.34. The number of aryl methyl sites for hydroxylation is 1. The van der Waals surface area contributed by atoms with Gasteiger partial charge in [0.05, 0.1) is 5.92 Å². The second kappa shape index (κ2) is 6.99. The molecule has 0 bridgehead atoms. The van der Waals surface area contributed by atoms with Gasteiger partial charge in [-0.3, -0.25) is 4.79 Å². The van der Waals surface area contributed by atoms with Gasteiger partial charge in [0.1, 0.15) is 0 Å². The van der Waals surface area contributed by atoms with Crippen LogP contribution in [0, 0.1) is 18.3 Å². The molecule has 2 aromatic rings. The molecule has 3 heterocycles. The van der Waals surface area contributed by atoms with Crippen LogP contribution in [0.3, 0.4) is 0 Å². The van der Waals surface area contributed by atoms with E-state index in [9.17, 15) is 4.79 Å². The molecule has 2 aliphatic heterocycles. The van der Waals surface area contributed by atoms with Crippen molar-refractivity contribution in [2.24, 2.45) is 11.3 Å². The minimum Gasteiger partial charge on any atom is -0.425 e. The zero-order chi connectivity index (χ0) is 19.1. The van der Waals surface area contributed by atoms with Gasteiger partial charge in [0.2, 0.25) is 11.8 Å². The highest BCUT2D eigenvalue weighted by Crippen LogP contribution is 2.50. The zero-order valence-corrected chi connectivity index (χ0v) is 16.5. The number of amides is 1. The van der Waals surface area contributed by atoms with Crippen LogP contribution in [-0.2, 0) is 0 Å². The largest absolute Gasteiger partial charge is 0.425 e. The summed E-state index contributed by atoms with van der Waals surface area (Å²) in [7, 11) is 0. The molecule has 1 aromatic heterocycles. The molecule has 6 heteroatoms. The van der Waals surface area contributed by atoms with E-state index >= 15 is 0 Å². The van der Waals surface area contributed by atoms with Gasteiger partial charge < -0.3 is 14.2 Å². The predicted octanol–water partition coefficient (Wildman–Crippen LogP) is 3.11. The van der Waals surface area contributed by atoms with E-state index in [-0.39, 0.29) is 17.2 Å². The van der Waals surface area contributed by atoms with E-state index in [0.717, 1.165) is 44.0 Å². The fourth-order valence-electron chi connectivity index (χ4n) is 5.03. The first-order valence-electron chi connectivity index (χ1n) is 10.5. The average molecular weight is 380 g/mol. The first kappa shape index (κ1) is 17.9. The third-order valence-corrected chi connectivity index (χ3v) is 6.86. The summed E-state index contributed by atoms with van der Waals surface area (Å²) >= 11 is 0. The Hall–Kier alpha value is -2.21. The van der Waals surface area contributed by atoms with E-state index in [2.05, 4.69) is 15.1 Å². The Morgan fingerprint density at radius 2 is 1.93 bits per heavy atom. The van der Waals surface area contributed by atoms with Crippen LogP contribution < -0.4 is 0 Å². The fourth-order valence-corrected chi connectivity index (χ4v) is 5.03. The van der Waals surface area contributed by atoms with Gasteiger partial charge in [-0.25, -0.2) is 0 Å². The van der Waals surface area contributed by atoms with Crippen molar-refractivity contribution in [2.45, 2.75) is 38.5 Å². The Bertz CT molecular complexity index is 837. The Kier molecular flexibility index (Phi) is 4.46. The van der Waals surface area contributed by atoms with Crippen molar-refractivity contribution in [1.29, 1.82) is 0 Å². The molecule has 1 aliphatic carbocycles. The number of likely N-dealkylation sites (tertiary alicyclic amines) is 2.